The number of carbonyl (C=O) groups is 2. The molecule has 0 fully saturated rings. The van der Waals surface area contributed by atoms with Crippen LogP contribution in [0.3, 0.4) is 0 Å². The van der Waals surface area contributed by atoms with Crippen molar-refractivity contribution in [3.05, 3.63) is 0 Å². The first-order chi connectivity index (χ1) is 6.07. The van der Waals surface area contributed by atoms with Crippen molar-refractivity contribution < 1.29 is 14.7 Å². The molecule has 0 aromatic heterocycles. The Morgan fingerprint density at radius 1 is 1.46 bits per heavy atom. The summed E-state index contributed by atoms with van der Waals surface area (Å²) in [6, 6.07) is 0. The first-order valence-corrected chi connectivity index (χ1v) is 5.27. The minimum atomic E-state index is -0.811. The molecule has 0 aliphatic heterocycles. The maximum Gasteiger partial charge on any atom is 0.313 e. The van der Waals surface area contributed by atoms with Crippen molar-refractivity contribution in [2.45, 2.75) is 13.3 Å². The van der Waals surface area contributed by atoms with E-state index in [0.29, 0.717) is 18.7 Å². The molecule has 0 radical (unpaired) electrons. The quantitative estimate of drug-likeness (QED) is 0.648. The molecule has 1 N–H and O–H groups in total. The summed E-state index contributed by atoms with van der Waals surface area (Å²) in [7, 11) is 1.73. The van der Waals surface area contributed by atoms with Gasteiger partial charge in [0, 0.05) is 25.8 Å². The Morgan fingerprint density at radius 2 is 2.08 bits per heavy atom. The van der Waals surface area contributed by atoms with Crippen LogP contribution in [-0.2, 0) is 9.59 Å². The third kappa shape index (κ3) is 6.45. The van der Waals surface area contributed by atoms with Crippen molar-refractivity contribution in [3.8, 4) is 0 Å². The monoisotopic (exact) mass is 205 g/mol. The van der Waals surface area contributed by atoms with Crippen LogP contribution in [0, 0.1) is 0 Å². The fraction of sp³-hybridized carbons (Fsp3) is 0.750. The summed E-state index contributed by atoms with van der Waals surface area (Å²) in [6.07, 6.45) is 0.500. The molecule has 0 aliphatic rings. The molecule has 0 aromatic rings. The number of hydrogen-bond donors (Lipinski definition) is 1. The Balaban J connectivity index is 3.42. The molecule has 0 saturated heterocycles. The summed E-state index contributed by atoms with van der Waals surface area (Å²) in [4.78, 5) is 22.8. The molecule has 4 nitrogen and oxygen atoms in total. The molecule has 0 bridgehead atoms. The smallest absolute Gasteiger partial charge is 0.313 e. The summed E-state index contributed by atoms with van der Waals surface area (Å²) in [5.41, 5.74) is 0. The minimum absolute atomic E-state index is 0.0934. The van der Waals surface area contributed by atoms with Crippen LogP contribution in [-0.4, -0.2) is 47.0 Å². The van der Waals surface area contributed by atoms with E-state index < -0.39 is 5.97 Å². The largest absolute Gasteiger partial charge is 0.481 e. The predicted octanol–water partition coefficient (Wildman–Crippen LogP) is 0.673. The van der Waals surface area contributed by atoms with Gasteiger partial charge in [0.05, 0.1) is 5.75 Å². The lowest BCUT2D eigenvalue weighted by atomic mass is 10.4. The SMILES string of the molecule is CCC(=O)N(C)CCSCC(=O)O. The number of aliphatic carboxylic acids is 1. The number of amides is 1. The average Bonchev–Trinajstić information content (AvgIpc) is 2.10. The lowest BCUT2D eigenvalue weighted by Crippen LogP contribution is -2.28. The summed E-state index contributed by atoms with van der Waals surface area (Å²) >= 11 is 1.32. The summed E-state index contributed by atoms with van der Waals surface area (Å²) in [5.74, 6) is 0.0632. The van der Waals surface area contributed by atoms with Crippen molar-refractivity contribution in [2.75, 3.05) is 25.1 Å². The van der Waals surface area contributed by atoms with Crippen LogP contribution < -0.4 is 0 Å². The van der Waals surface area contributed by atoms with Gasteiger partial charge in [-0.25, -0.2) is 0 Å². The third-order valence-electron chi connectivity index (χ3n) is 1.52. The lowest BCUT2D eigenvalue weighted by Gasteiger charge is -2.15. The van der Waals surface area contributed by atoms with E-state index in [4.69, 9.17) is 5.11 Å². The molecule has 0 aliphatic carbocycles. The van der Waals surface area contributed by atoms with Gasteiger partial charge in [0.25, 0.3) is 0 Å². The zero-order chi connectivity index (χ0) is 10.3. The molecule has 0 spiro atoms. The molecule has 0 atom stereocenters. The predicted molar refractivity (Wildman–Crippen MR) is 52.9 cm³/mol. The van der Waals surface area contributed by atoms with E-state index in [0.717, 1.165) is 0 Å². The minimum Gasteiger partial charge on any atom is -0.481 e. The fourth-order valence-corrected chi connectivity index (χ4v) is 1.48. The van der Waals surface area contributed by atoms with E-state index in [-0.39, 0.29) is 11.7 Å². The van der Waals surface area contributed by atoms with Crippen molar-refractivity contribution in [3.63, 3.8) is 0 Å². The molecule has 5 heteroatoms. The normalized spacial score (nSPS) is 9.69. The fourth-order valence-electron chi connectivity index (χ4n) is 0.756. The molecular formula is C8H15NO3S. The summed E-state index contributed by atoms with van der Waals surface area (Å²) in [6.45, 7) is 2.42. The van der Waals surface area contributed by atoms with Crippen LogP contribution >= 0.6 is 11.8 Å². The molecule has 0 heterocycles. The van der Waals surface area contributed by atoms with Crippen LogP contribution in [0.2, 0.25) is 0 Å². The Labute approximate surface area is 82.3 Å². The zero-order valence-electron chi connectivity index (χ0n) is 7.95. The van der Waals surface area contributed by atoms with Crippen LogP contribution in [0.4, 0.5) is 0 Å². The van der Waals surface area contributed by atoms with Crippen LogP contribution in [0.25, 0.3) is 0 Å². The Kier molecular flexibility index (Phi) is 6.40. The number of thioether (sulfide) groups is 1. The van der Waals surface area contributed by atoms with Gasteiger partial charge in [0.1, 0.15) is 0 Å². The van der Waals surface area contributed by atoms with E-state index in [9.17, 15) is 9.59 Å². The second-order valence-corrected chi connectivity index (χ2v) is 3.72. The van der Waals surface area contributed by atoms with Crippen molar-refractivity contribution in [1.29, 1.82) is 0 Å². The Hall–Kier alpha value is -0.710. The van der Waals surface area contributed by atoms with Gasteiger partial charge in [0.2, 0.25) is 5.91 Å². The highest BCUT2D eigenvalue weighted by atomic mass is 32.2. The molecule has 0 rings (SSSR count). The van der Waals surface area contributed by atoms with Crippen LogP contribution in [0.5, 0.6) is 0 Å². The maximum absolute atomic E-state index is 11.0. The van der Waals surface area contributed by atoms with Crippen molar-refractivity contribution in [1.82, 2.24) is 4.90 Å². The maximum atomic E-state index is 11.0. The molecule has 1 amide bonds. The van der Waals surface area contributed by atoms with E-state index in [2.05, 4.69) is 0 Å². The number of nitrogens with zero attached hydrogens (tertiary/aromatic N) is 1. The van der Waals surface area contributed by atoms with Gasteiger partial charge in [-0.15, -0.1) is 11.8 Å². The highest BCUT2D eigenvalue weighted by Crippen LogP contribution is 2.00. The Morgan fingerprint density at radius 3 is 2.54 bits per heavy atom. The van der Waals surface area contributed by atoms with Gasteiger partial charge in [-0.2, -0.15) is 0 Å². The second-order valence-electron chi connectivity index (χ2n) is 2.62. The zero-order valence-corrected chi connectivity index (χ0v) is 8.76. The number of hydrogen-bond acceptors (Lipinski definition) is 3. The molecule has 76 valence electrons. The number of carbonyl (C=O) groups excluding carboxylic acids is 1. The Bertz CT molecular complexity index is 184. The first-order valence-electron chi connectivity index (χ1n) is 4.11. The first kappa shape index (κ1) is 12.3. The number of rotatable bonds is 6. The van der Waals surface area contributed by atoms with Gasteiger partial charge in [-0.1, -0.05) is 6.92 Å². The van der Waals surface area contributed by atoms with E-state index >= 15 is 0 Å². The van der Waals surface area contributed by atoms with Gasteiger partial charge in [-0.05, 0) is 0 Å². The molecule has 0 saturated carbocycles. The van der Waals surface area contributed by atoms with Crippen molar-refractivity contribution >= 4 is 23.6 Å². The molecule has 13 heavy (non-hydrogen) atoms. The van der Waals surface area contributed by atoms with Crippen LogP contribution in [0.15, 0.2) is 0 Å². The molecule has 0 aromatic carbocycles. The van der Waals surface area contributed by atoms with Gasteiger partial charge in [-0.3, -0.25) is 9.59 Å². The van der Waals surface area contributed by atoms with E-state index in [1.54, 1.807) is 11.9 Å². The van der Waals surface area contributed by atoms with E-state index in [1.807, 2.05) is 6.92 Å². The highest BCUT2D eigenvalue weighted by Gasteiger charge is 2.05. The lowest BCUT2D eigenvalue weighted by molar-refractivity contribution is -0.134. The van der Waals surface area contributed by atoms with Gasteiger partial charge < -0.3 is 10.0 Å². The summed E-state index contributed by atoms with van der Waals surface area (Å²) < 4.78 is 0. The van der Waals surface area contributed by atoms with Gasteiger partial charge in [0.15, 0.2) is 0 Å². The van der Waals surface area contributed by atoms with Crippen LogP contribution in [0.1, 0.15) is 13.3 Å². The number of carboxylic acids is 1. The molecular weight excluding hydrogens is 190 g/mol. The highest BCUT2D eigenvalue weighted by molar-refractivity contribution is 7.99. The van der Waals surface area contributed by atoms with E-state index in [1.165, 1.54) is 11.8 Å². The number of carboxylic acid groups (broad SMARTS) is 1. The van der Waals surface area contributed by atoms with Gasteiger partial charge >= 0.3 is 5.97 Å². The standard InChI is InChI=1S/C8H15NO3S/c1-3-7(10)9(2)4-5-13-6-8(11)12/h3-6H2,1-2H3,(H,11,12). The van der Waals surface area contributed by atoms with Crippen molar-refractivity contribution in [2.24, 2.45) is 0 Å². The topological polar surface area (TPSA) is 57.6 Å². The second kappa shape index (κ2) is 6.77. The third-order valence-corrected chi connectivity index (χ3v) is 2.45. The summed E-state index contributed by atoms with van der Waals surface area (Å²) in [5, 5.41) is 8.33. The molecule has 0 unspecified atom stereocenters. The average molecular weight is 205 g/mol.